The van der Waals surface area contributed by atoms with Crippen molar-refractivity contribution < 1.29 is 14.3 Å². The Bertz CT molecular complexity index is 367. The zero-order valence-electron chi connectivity index (χ0n) is 10.8. The number of nitrogens with one attached hydrogen (secondary N) is 1. The predicted molar refractivity (Wildman–Crippen MR) is 70.4 cm³/mol. The molecule has 2 unspecified atom stereocenters. The lowest BCUT2D eigenvalue weighted by Crippen LogP contribution is -2.43. The Balaban J connectivity index is 2.02. The van der Waals surface area contributed by atoms with Gasteiger partial charge >= 0.3 is 6.09 Å². The number of carbonyl (C=O) groups is 1. The molecular formula is C11H19N3O3S. The van der Waals surface area contributed by atoms with Crippen molar-refractivity contribution in [2.45, 2.75) is 50.8 Å². The highest BCUT2D eigenvalue weighted by molar-refractivity contribution is 7.80. The van der Waals surface area contributed by atoms with Crippen LogP contribution in [-0.4, -0.2) is 40.6 Å². The molecule has 0 spiro atoms. The van der Waals surface area contributed by atoms with Crippen LogP contribution in [0.15, 0.2) is 5.10 Å². The molecule has 7 heteroatoms. The van der Waals surface area contributed by atoms with Crippen molar-refractivity contribution in [3.05, 3.63) is 0 Å². The van der Waals surface area contributed by atoms with Gasteiger partial charge in [-0.25, -0.2) is 4.79 Å². The number of hydrazone groups is 1. The highest BCUT2D eigenvalue weighted by atomic mass is 32.1. The van der Waals surface area contributed by atoms with Crippen LogP contribution >= 0.6 is 12.6 Å². The normalized spacial score (nSPS) is 27.6. The third kappa shape index (κ3) is 3.01. The number of carbonyl (C=O) groups excluding carboxylic acids is 1. The summed E-state index contributed by atoms with van der Waals surface area (Å²) in [6.07, 6.45) is 1.43. The van der Waals surface area contributed by atoms with Crippen LogP contribution in [-0.2, 0) is 9.47 Å². The van der Waals surface area contributed by atoms with Gasteiger partial charge in [0.2, 0.25) is 11.5 Å². The van der Waals surface area contributed by atoms with Crippen LogP contribution in [0.5, 0.6) is 0 Å². The maximum absolute atomic E-state index is 12.1. The number of hydrogen-bond donors (Lipinski definition) is 2. The van der Waals surface area contributed by atoms with Gasteiger partial charge in [0.15, 0.2) is 0 Å². The summed E-state index contributed by atoms with van der Waals surface area (Å²) in [6, 6.07) is -0.149. The summed E-state index contributed by atoms with van der Waals surface area (Å²) in [7, 11) is 0. The smallest absolute Gasteiger partial charge is 0.410 e. The number of rotatable bonds is 1. The van der Waals surface area contributed by atoms with Gasteiger partial charge in [0.25, 0.3) is 0 Å². The Morgan fingerprint density at radius 3 is 2.89 bits per heavy atom. The zero-order chi connectivity index (χ0) is 13.3. The number of thiol groups is 1. The van der Waals surface area contributed by atoms with E-state index in [1.54, 1.807) is 4.90 Å². The topological polar surface area (TPSA) is 63.2 Å². The van der Waals surface area contributed by atoms with E-state index in [9.17, 15) is 4.79 Å². The fourth-order valence-electron chi connectivity index (χ4n) is 2.00. The third-order valence-electron chi connectivity index (χ3n) is 2.68. The van der Waals surface area contributed by atoms with Crippen molar-refractivity contribution >= 4 is 24.6 Å². The molecule has 2 rings (SSSR count). The molecule has 1 N–H and O–H groups in total. The van der Waals surface area contributed by atoms with Crippen LogP contribution < -0.4 is 5.43 Å². The second-order valence-electron chi connectivity index (χ2n) is 5.38. The van der Waals surface area contributed by atoms with Gasteiger partial charge in [0, 0.05) is 6.54 Å². The number of nitrogens with zero attached hydrogens (tertiary/aromatic N) is 2. The van der Waals surface area contributed by atoms with Crippen molar-refractivity contribution in [1.29, 1.82) is 0 Å². The van der Waals surface area contributed by atoms with Gasteiger partial charge in [0.1, 0.15) is 11.6 Å². The van der Waals surface area contributed by atoms with Crippen LogP contribution in [0.1, 0.15) is 33.6 Å². The zero-order valence-corrected chi connectivity index (χ0v) is 11.7. The van der Waals surface area contributed by atoms with Crippen molar-refractivity contribution in [2.24, 2.45) is 5.10 Å². The average Bonchev–Trinajstić information content (AvgIpc) is 2.81. The first-order valence-corrected chi connectivity index (χ1v) is 6.56. The summed E-state index contributed by atoms with van der Waals surface area (Å²) in [5.41, 5.74) is 1.78. The molecule has 0 aromatic rings. The van der Waals surface area contributed by atoms with Crippen molar-refractivity contribution in [3.63, 3.8) is 0 Å². The van der Waals surface area contributed by atoms with Crippen molar-refractivity contribution in [3.8, 4) is 0 Å². The minimum Gasteiger partial charge on any atom is -0.444 e. The monoisotopic (exact) mass is 273 g/mol. The lowest BCUT2D eigenvalue weighted by atomic mass is 10.2. The third-order valence-corrected chi connectivity index (χ3v) is 2.90. The van der Waals surface area contributed by atoms with Crippen molar-refractivity contribution in [2.75, 3.05) is 6.54 Å². The van der Waals surface area contributed by atoms with E-state index < -0.39 is 11.2 Å². The summed E-state index contributed by atoms with van der Waals surface area (Å²) in [5, 5.41) is 4.05. The van der Waals surface area contributed by atoms with Gasteiger partial charge in [-0.05, 0) is 33.6 Å². The van der Waals surface area contributed by atoms with E-state index in [0.29, 0.717) is 12.4 Å². The van der Waals surface area contributed by atoms with E-state index in [-0.39, 0.29) is 12.1 Å². The number of amides is 1. The van der Waals surface area contributed by atoms with Gasteiger partial charge in [0.05, 0.1) is 0 Å². The van der Waals surface area contributed by atoms with Gasteiger partial charge in [-0.15, -0.1) is 17.7 Å². The molecule has 6 nitrogen and oxygen atoms in total. The molecule has 1 fully saturated rings. The maximum atomic E-state index is 12.1. The summed E-state index contributed by atoms with van der Waals surface area (Å²) >= 11 is 4.11. The molecule has 0 saturated carbocycles. The molecule has 0 aliphatic carbocycles. The maximum Gasteiger partial charge on any atom is 0.410 e. The van der Waals surface area contributed by atoms with Crippen LogP contribution in [0.2, 0.25) is 0 Å². The molecule has 0 aromatic heterocycles. The lowest BCUT2D eigenvalue weighted by Gasteiger charge is -2.28. The highest BCUT2D eigenvalue weighted by Gasteiger charge is 2.38. The molecule has 0 radical (unpaired) electrons. The molecule has 1 amide bonds. The molecule has 2 aliphatic rings. The van der Waals surface area contributed by atoms with Crippen LogP contribution in [0.3, 0.4) is 0 Å². The van der Waals surface area contributed by atoms with E-state index >= 15 is 0 Å². The first-order chi connectivity index (χ1) is 8.37. The molecular weight excluding hydrogens is 254 g/mol. The quantitative estimate of drug-likeness (QED) is 0.711. The fourth-order valence-corrected chi connectivity index (χ4v) is 2.17. The first kappa shape index (κ1) is 13.3. The van der Waals surface area contributed by atoms with Gasteiger partial charge in [-0.2, -0.15) is 0 Å². The molecule has 102 valence electrons. The largest absolute Gasteiger partial charge is 0.444 e. The minimum atomic E-state index is -0.493. The number of likely N-dealkylation sites (tertiary alicyclic amines) is 1. The van der Waals surface area contributed by atoms with Gasteiger partial charge < -0.3 is 9.47 Å². The summed E-state index contributed by atoms with van der Waals surface area (Å²) in [6.45, 7) is 6.22. The Morgan fingerprint density at radius 2 is 2.33 bits per heavy atom. The predicted octanol–water partition coefficient (Wildman–Crippen LogP) is 1.53. The number of hydrogen-bond acceptors (Lipinski definition) is 6. The molecule has 2 aliphatic heterocycles. The molecule has 0 aromatic carbocycles. The molecule has 18 heavy (non-hydrogen) atoms. The SMILES string of the molecule is CC(C)(C)OC(=O)N1CCCC1C1=NNC(S)O1. The Morgan fingerprint density at radius 1 is 1.61 bits per heavy atom. The second-order valence-corrected chi connectivity index (χ2v) is 5.85. The van der Waals surface area contributed by atoms with E-state index in [0.717, 1.165) is 12.8 Å². The molecule has 2 atom stereocenters. The standard InChI is InChI=1S/C11H19N3O3S/c1-11(2,3)17-10(15)14-6-4-5-7(14)8-12-13-9(18)16-8/h7,9,13,18H,4-6H2,1-3H3. The van der Waals surface area contributed by atoms with Crippen LogP contribution in [0.25, 0.3) is 0 Å². The Hall–Kier alpha value is -1.11. The first-order valence-electron chi connectivity index (χ1n) is 6.04. The Labute approximate surface area is 112 Å². The van der Waals surface area contributed by atoms with E-state index in [4.69, 9.17) is 9.47 Å². The summed E-state index contributed by atoms with van der Waals surface area (Å²) in [5.74, 6) is 0.512. The highest BCUT2D eigenvalue weighted by Crippen LogP contribution is 2.24. The fraction of sp³-hybridized carbons (Fsp3) is 0.818. The summed E-state index contributed by atoms with van der Waals surface area (Å²) < 4.78 is 10.8. The van der Waals surface area contributed by atoms with E-state index in [2.05, 4.69) is 23.2 Å². The number of ether oxygens (including phenoxy) is 2. The minimum absolute atomic E-state index is 0.149. The van der Waals surface area contributed by atoms with E-state index in [1.165, 1.54) is 0 Å². The van der Waals surface area contributed by atoms with Crippen LogP contribution in [0, 0.1) is 0 Å². The average molecular weight is 273 g/mol. The van der Waals surface area contributed by atoms with Gasteiger partial charge in [-0.1, -0.05) is 0 Å². The van der Waals surface area contributed by atoms with Gasteiger partial charge in [-0.3, -0.25) is 10.3 Å². The second kappa shape index (κ2) is 4.87. The molecule has 1 saturated heterocycles. The molecule has 2 heterocycles. The molecule has 0 bridgehead atoms. The van der Waals surface area contributed by atoms with E-state index in [1.807, 2.05) is 20.8 Å². The Kier molecular flexibility index (Phi) is 3.61. The lowest BCUT2D eigenvalue weighted by molar-refractivity contribution is 0.0253. The van der Waals surface area contributed by atoms with Crippen LogP contribution in [0.4, 0.5) is 4.79 Å². The van der Waals surface area contributed by atoms with Crippen molar-refractivity contribution in [1.82, 2.24) is 10.3 Å². The summed E-state index contributed by atoms with van der Waals surface area (Å²) in [4.78, 5) is 13.7.